The highest BCUT2D eigenvalue weighted by atomic mass is 16.5. The quantitative estimate of drug-likeness (QED) is 0.799. The van der Waals surface area contributed by atoms with Crippen molar-refractivity contribution in [2.24, 2.45) is 17.6 Å². The van der Waals surface area contributed by atoms with E-state index in [2.05, 4.69) is 27.7 Å². The van der Waals surface area contributed by atoms with Gasteiger partial charge in [-0.25, -0.2) is 0 Å². The van der Waals surface area contributed by atoms with Gasteiger partial charge < -0.3 is 10.5 Å². The molecule has 1 aliphatic rings. The molecule has 2 N–H and O–H groups in total. The van der Waals surface area contributed by atoms with Gasteiger partial charge in [-0.1, -0.05) is 26.2 Å². The standard InChI is InChI=1S/C14H29NO/c1-5-11-7-6-8-12(9-11)13(15)10-16-14(2,3)4/h11-13H,5-10,15H2,1-4H3. The highest BCUT2D eigenvalue weighted by molar-refractivity contribution is 4.80. The molecule has 0 aromatic heterocycles. The summed E-state index contributed by atoms with van der Waals surface area (Å²) in [7, 11) is 0. The molecule has 0 aliphatic heterocycles. The Kier molecular flexibility index (Phi) is 5.26. The van der Waals surface area contributed by atoms with Crippen LogP contribution in [-0.4, -0.2) is 18.2 Å². The van der Waals surface area contributed by atoms with Gasteiger partial charge in [0.05, 0.1) is 12.2 Å². The van der Waals surface area contributed by atoms with Crippen LogP contribution < -0.4 is 5.73 Å². The van der Waals surface area contributed by atoms with E-state index < -0.39 is 0 Å². The third-order valence-corrected chi connectivity index (χ3v) is 3.72. The maximum atomic E-state index is 6.25. The van der Waals surface area contributed by atoms with Crippen LogP contribution in [0.1, 0.15) is 59.8 Å². The molecule has 0 aromatic carbocycles. The topological polar surface area (TPSA) is 35.2 Å². The van der Waals surface area contributed by atoms with Gasteiger partial charge in [-0.3, -0.25) is 0 Å². The van der Waals surface area contributed by atoms with Gasteiger partial charge >= 0.3 is 0 Å². The lowest BCUT2D eigenvalue weighted by molar-refractivity contribution is -0.0203. The molecule has 0 bridgehead atoms. The van der Waals surface area contributed by atoms with Gasteiger partial charge in [-0.05, 0) is 45.4 Å². The van der Waals surface area contributed by atoms with E-state index in [1.807, 2.05) is 0 Å². The summed E-state index contributed by atoms with van der Waals surface area (Å²) >= 11 is 0. The predicted molar refractivity (Wildman–Crippen MR) is 69.4 cm³/mol. The van der Waals surface area contributed by atoms with Crippen LogP contribution in [0.25, 0.3) is 0 Å². The molecule has 1 fully saturated rings. The van der Waals surface area contributed by atoms with Crippen LogP contribution in [0.2, 0.25) is 0 Å². The molecule has 0 amide bonds. The summed E-state index contributed by atoms with van der Waals surface area (Å²) in [6.45, 7) is 9.29. The van der Waals surface area contributed by atoms with Crippen molar-refractivity contribution in [1.29, 1.82) is 0 Å². The lowest BCUT2D eigenvalue weighted by atomic mass is 9.77. The predicted octanol–water partition coefficient (Wildman–Crippen LogP) is 3.35. The van der Waals surface area contributed by atoms with Crippen molar-refractivity contribution in [3.05, 3.63) is 0 Å². The minimum atomic E-state index is -0.0591. The van der Waals surface area contributed by atoms with Crippen LogP contribution in [0.15, 0.2) is 0 Å². The van der Waals surface area contributed by atoms with Crippen LogP contribution in [0.5, 0.6) is 0 Å². The highest BCUT2D eigenvalue weighted by Gasteiger charge is 2.26. The first kappa shape index (κ1) is 14.0. The Bertz CT molecular complexity index is 197. The molecule has 1 saturated carbocycles. The number of hydrogen-bond donors (Lipinski definition) is 1. The molecule has 0 aromatic rings. The molecule has 0 spiro atoms. The van der Waals surface area contributed by atoms with Crippen molar-refractivity contribution in [1.82, 2.24) is 0 Å². The first-order valence-corrected chi connectivity index (χ1v) is 6.82. The molecule has 0 saturated heterocycles. The normalized spacial score (nSPS) is 29.1. The molecule has 1 aliphatic carbocycles. The zero-order valence-electron chi connectivity index (χ0n) is 11.5. The zero-order valence-corrected chi connectivity index (χ0v) is 11.5. The van der Waals surface area contributed by atoms with Gasteiger partial charge in [-0.2, -0.15) is 0 Å². The Balaban J connectivity index is 2.32. The number of hydrogen-bond acceptors (Lipinski definition) is 2. The van der Waals surface area contributed by atoms with Crippen molar-refractivity contribution in [2.45, 2.75) is 71.4 Å². The molecule has 3 unspecified atom stereocenters. The Morgan fingerprint density at radius 1 is 1.31 bits per heavy atom. The summed E-state index contributed by atoms with van der Waals surface area (Å²) in [5.74, 6) is 1.58. The number of ether oxygens (including phenoxy) is 1. The van der Waals surface area contributed by atoms with E-state index >= 15 is 0 Å². The molecule has 2 nitrogen and oxygen atoms in total. The van der Waals surface area contributed by atoms with E-state index in [1.54, 1.807) is 0 Å². The maximum Gasteiger partial charge on any atom is 0.0627 e. The van der Waals surface area contributed by atoms with Crippen LogP contribution in [0, 0.1) is 11.8 Å². The van der Waals surface area contributed by atoms with Gasteiger partial charge in [-0.15, -0.1) is 0 Å². The van der Waals surface area contributed by atoms with E-state index in [9.17, 15) is 0 Å². The summed E-state index contributed by atoms with van der Waals surface area (Å²) in [6, 6.07) is 0.230. The van der Waals surface area contributed by atoms with Crippen molar-refractivity contribution in [3.63, 3.8) is 0 Å². The minimum Gasteiger partial charge on any atom is -0.374 e. The fraction of sp³-hybridized carbons (Fsp3) is 1.00. The fourth-order valence-corrected chi connectivity index (χ4v) is 2.57. The SMILES string of the molecule is CCC1CCCC(C(N)COC(C)(C)C)C1. The third-order valence-electron chi connectivity index (χ3n) is 3.72. The van der Waals surface area contributed by atoms with E-state index in [0.717, 1.165) is 5.92 Å². The maximum absolute atomic E-state index is 6.25. The lowest BCUT2D eigenvalue weighted by Crippen LogP contribution is -2.39. The first-order chi connectivity index (χ1) is 7.42. The number of nitrogens with two attached hydrogens (primary N) is 1. The minimum absolute atomic E-state index is 0.0591. The molecule has 1 rings (SSSR count). The van der Waals surface area contributed by atoms with Gasteiger partial charge in [0.2, 0.25) is 0 Å². The highest BCUT2D eigenvalue weighted by Crippen LogP contribution is 2.32. The molecule has 3 atom stereocenters. The zero-order chi connectivity index (χ0) is 12.2. The van der Waals surface area contributed by atoms with E-state index in [1.165, 1.54) is 32.1 Å². The monoisotopic (exact) mass is 227 g/mol. The van der Waals surface area contributed by atoms with Gasteiger partial charge in [0.15, 0.2) is 0 Å². The summed E-state index contributed by atoms with van der Waals surface area (Å²) < 4.78 is 5.79. The molecular formula is C14H29NO. The Morgan fingerprint density at radius 3 is 2.56 bits per heavy atom. The van der Waals surface area contributed by atoms with Crippen molar-refractivity contribution >= 4 is 0 Å². The van der Waals surface area contributed by atoms with Crippen molar-refractivity contribution in [2.75, 3.05) is 6.61 Å². The van der Waals surface area contributed by atoms with Gasteiger partial charge in [0.1, 0.15) is 0 Å². The summed E-state index contributed by atoms with van der Waals surface area (Å²) in [5, 5.41) is 0. The van der Waals surface area contributed by atoms with Crippen LogP contribution in [0.3, 0.4) is 0 Å². The molecule has 16 heavy (non-hydrogen) atoms. The number of rotatable bonds is 4. The summed E-state index contributed by atoms with van der Waals surface area (Å²) in [5.41, 5.74) is 6.19. The Hall–Kier alpha value is -0.0800. The van der Waals surface area contributed by atoms with Crippen LogP contribution >= 0.6 is 0 Å². The van der Waals surface area contributed by atoms with Crippen LogP contribution in [0.4, 0.5) is 0 Å². The van der Waals surface area contributed by atoms with E-state index in [4.69, 9.17) is 10.5 Å². The average molecular weight is 227 g/mol. The molecule has 2 heteroatoms. The second kappa shape index (κ2) is 6.02. The van der Waals surface area contributed by atoms with E-state index in [-0.39, 0.29) is 11.6 Å². The average Bonchev–Trinajstić information content (AvgIpc) is 2.25. The van der Waals surface area contributed by atoms with Crippen molar-refractivity contribution in [3.8, 4) is 0 Å². The Morgan fingerprint density at radius 2 is 2.00 bits per heavy atom. The molecule has 0 heterocycles. The molecular weight excluding hydrogens is 198 g/mol. The largest absolute Gasteiger partial charge is 0.374 e. The van der Waals surface area contributed by atoms with Gasteiger partial charge in [0.25, 0.3) is 0 Å². The second-order valence-electron chi connectivity index (χ2n) is 6.29. The summed E-state index contributed by atoms with van der Waals surface area (Å²) in [6.07, 6.45) is 6.67. The van der Waals surface area contributed by atoms with Crippen molar-refractivity contribution < 1.29 is 4.74 Å². The lowest BCUT2D eigenvalue weighted by Gasteiger charge is -2.33. The Labute approximate surface area is 101 Å². The molecule has 0 radical (unpaired) electrons. The molecule has 96 valence electrons. The third kappa shape index (κ3) is 4.84. The summed E-state index contributed by atoms with van der Waals surface area (Å²) in [4.78, 5) is 0. The first-order valence-electron chi connectivity index (χ1n) is 6.82. The van der Waals surface area contributed by atoms with E-state index in [0.29, 0.717) is 12.5 Å². The smallest absolute Gasteiger partial charge is 0.0627 e. The fourth-order valence-electron chi connectivity index (χ4n) is 2.57. The van der Waals surface area contributed by atoms with Gasteiger partial charge in [0, 0.05) is 6.04 Å². The second-order valence-corrected chi connectivity index (χ2v) is 6.29. The van der Waals surface area contributed by atoms with Crippen LogP contribution in [-0.2, 0) is 4.74 Å².